The molecule has 17 heavy (non-hydrogen) atoms. The van der Waals surface area contributed by atoms with Gasteiger partial charge in [0.1, 0.15) is 5.75 Å². The van der Waals surface area contributed by atoms with Crippen LogP contribution in [-0.4, -0.2) is 7.11 Å². The van der Waals surface area contributed by atoms with Crippen LogP contribution in [0.5, 0.6) is 5.75 Å². The van der Waals surface area contributed by atoms with Crippen LogP contribution in [0.1, 0.15) is 43.2 Å². The standard InChI is InChI=1S/C14H20ClNO/c1-10-12(8-11(15)9-13(10)17-2)14(16)6-4-3-5-7-14/h8-9H,3-7,16H2,1-2H3. The van der Waals surface area contributed by atoms with E-state index in [9.17, 15) is 0 Å². The van der Waals surface area contributed by atoms with Gasteiger partial charge in [-0.2, -0.15) is 0 Å². The van der Waals surface area contributed by atoms with Gasteiger partial charge in [0.15, 0.2) is 0 Å². The molecule has 0 heterocycles. The van der Waals surface area contributed by atoms with E-state index in [0.717, 1.165) is 29.7 Å². The highest BCUT2D eigenvalue weighted by atomic mass is 35.5. The van der Waals surface area contributed by atoms with E-state index in [4.69, 9.17) is 22.1 Å². The van der Waals surface area contributed by atoms with Crippen molar-refractivity contribution in [1.82, 2.24) is 0 Å². The van der Waals surface area contributed by atoms with Gasteiger partial charge in [0.05, 0.1) is 7.11 Å². The Labute approximate surface area is 108 Å². The number of rotatable bonds is 2. The van der Waals surface area contributed by atoms with Crippen LogP contribution < -0.4 is 10.5 Å². The molecule has 1 aliphatic rings. The SMILES string of the molecule is COc1cc(Cl)cc(C2(N)CCCCC2)c1C. The van der Waals surface area contributed by atoms with E-state index in [-0.39, 0.29) is 5.54 Å². The monoisotopic (exact) mass is 253 g/mol. The van der Waals surface area contributed by atoms with Crippen LogP contribution in [0.3, 0.4) is 0 Å². The zero-order chi connectivity index (χ0) is 12.5. The molecular weight excluding hydrogens is 234 g/mol. The average molecular weight is 254 g/mol. The highest BCUT2D eigenvalue weighted by molar-refractivity contribution is 6.30. The molecule has 0 aromatic heterocycles. The van der Waals surface area contributed by atoms with Crippen molar-refractivity contribution in [3.63, 3.8) is 0 Å². The van der Waals surface area contributed by atoms with Crippen LogP contribution in [-0.2, 0) is 5.54 Å². The fraction of sp³-hybridized carbons (Fsp3) is 0.571. The minimum atomic E-state index is -0.222. The predicted octanol–water partition coefficient (Wildman–Crippen LogP) is 3.78. The maximum absolute atomic E-state index is 6.56. The summed E-state index contributed by atoms with van der Waals surface area (Å²) >= 11 is 6.15. The van der Waals surface area contributed by atoms with Crippen molar-refractivity contribution in [3.8, 4) is 5.75 Å². The molecule has 0 saturated heterocycles. The van der Waals surface area contributed by atoms with Gasteiger partial charge in [-0.15, -0.1) is 0 Å². The highest BCUT2D eigenvalue weighted by Crippen LogP contribution is 2.40. The van der Waals surface area contributed by atoms with E-state index in [1.165, 1.54) is 19.3 Å². The van der Waals surface area contributed by atoms with Crippen LogP contribution in [0.25, 0.3) is 0 Å². The Hall–Kier alpha value is -0.730. The molecule has 0 bridgehead atoms. The third kappa shape index (κ3) is 2.43. The second-order valence-electron chi connectivity index (χ2n) is 5.00. The zero-order valence-corrected chi connectivity index (χ0v) is 11.3. The molecule has 2 N–H and O–H groups in total. The lowest BCUT2D eigenvalue weighted by molar-refractivity contribution is 0.299. The minimum absolute atomic E-state index is 0.222. The van der Waals surface area contributed by atoms with Crippen LogP contribution >= 0.6 is 11.6 Å². The molecule has 2 nitrogen and oxygen atoms in total. The number of ether oxygens (including phenoxy) is 1. The van der Waals surface area contributed by atoms with Crippen LogP contribution in [0.15, 0.2) is 12.1 Å². The zero-order valence-electron chi connectivity index (χ0n) is 10.6. The minimum Gasteiger partial charge on any atom is -0.496 e. The van der Waals surface area contributed by atoms with Crippen LogP contribution in [0.4, 0.5) is 0 Å². The Morgan fingerprint density at radius 3 is 2.47 bits per heavy atom. The number of halogens is 1. The Kier molecular flexibility index (Phi) is 3.64. The molecule has 1 saturated carbocycles. The highest BCUT2D eigenvalue weighted by Gasteiger charge is 2.31. The Balaban J connectivity index is 2.46. The first-order valence-electron chi connectivity index (χ1n) is 6.20. The molecule has 1 fully saturated rings. The summed E-state index contributed by atoms with van der Waals surface area (Å²) in [5.41, 5.74) is 8.62. The molecule has 1 aliphatic carbocycles. The van der Waals surface area contributed by atoms with E-state index in [1.54, 1.807) is 7.11 Å². The van der Waals surface area contributed by atoms with Gasteiger partial charge in [0, 0.05) is 10.6 Å². The van der Waals surface area contributed by atoms with E-state index < -0.39 is 0 Å². The summed E-state index contributed by atoms with van der Waals surface area (Å²) in [6.45, 7) is 2.06. The molecule has 1 aromatic carbocycles. The first-order valence-corrected chi connectivity index (χ1v) is 6.58. The smallest absolute Gasteiger partial charge is 0.123 e. The van der Waals surface area contributed by atoms with Crippen molar-refractivity contribution < 1.29 is 4.74 Å². The van der Waals surface area contributed by atoms with Crippen molar-refractivity contribution in [2.24, 2.45) is 5.73 Å². The van der Waals surface area contributed by atoms with Crippen molar-refractivity contribution in [2.75, 3.05) is 7.11 Å². The van der Waals surface area contributed by atoms with Crippen molar-refractivity contribution >= 4 is 11.6 Å². The molecule has 3 heteroatoms. The molecule has 0 atom stereocenters. The topological polar surface area (TPSA) is 35.2 Å². The Bertz CT molecular complexity index is 411. The Morgan fingerprint density at radius 2 is 1.88 bits per heavy atom. The summed E-state index contributed by atoms with van der Waals surface area (Å²) in [4.78, 5) is 0. The van der Waals surface area contributed by atoms with Crippen molar-refractivity contribution in [3.05, 3.63) is 28.3 Å². The quantitative estimate of drug-likeness (QED) is 0.871. The van der Waals surface area contributed by atoms with Gasteiger partial charge in [-0.1, -0.05) is 30.9 Å². The van der Waals surface area contributed by atoms with Crippen molar-refractivity contribution in [1.29, 1.82) is 0 Å². The van der Waals surface area contributed by atoms with Gasteiger partial charge in [-0.25, -0.2) is 0 Å². The Morgan fingerprint density at radius 1 is 1.24 bits per heavy atom. The first-order chi connectivity index (χ1) is 8.07. The van der Waals surface area contributed by atoms with Crippen LogP contribution in [0.2, 0.25) is 5.02 Å². The van der Waals surface area contributed by atoms with E-state index in [2.05, 4.69) is 6.92 Å². The van der Waals surface area contributed by atoms with Gasteiger partial charge in [-0.3, -0.25) is 0 Å². The average Bonchev–Trinajstić information content (AvgIpc) is 2.32. The number of hydrogen-bond donors (Lipinski definition) is 1. The molecule has 1 aromatic rings. The summed E-state index contributed by atoms with van der Waals surface area (Å²) in [6.07, 6.45) is 5.76. The van der Waals surface area contributed by atoms with E-state index in [1.807, 2.05) is 12.1 Å². The number of methoxy groups -OCH3 is 1. The molecule has 0 spiro atoms. The van der Waals surface area contributed by atoms with Gasteiger partial charge in [-0.05, 0) is 43.0 Å². The lowest BCUT2D eigenvalue weighted by Gasteiger charge is -2.35. The number of nitrogens with two attached hydrogens (primary N) is 1. The molecule has 0 aliphatic heterocycles. The summed E-state index contributed by atoms with van der Waals surface area (Å²) in [7, 11) is 1.67. The summed E-state index contributed by atoms with van der Waals surface area (Å²) in [5, 5.41) is 0.706. The molecule has 0 radical (unpaired) electrons. The van der Waals surface area contributed by atoms with E-state index in [0.29, 0.717) is 5.02 Å². The fourth-order valence-corrected chi connectivity index (χ4v) is 3.04. The van der Waals surface area contributed by atoms with Gasteiger partial charge >= 0.3 is 0 Å². The number of hydrogen-bond acceptors (Lipinski definition) is 2. The van der Waals surface area contributed by atoms with E-state index >= 15 is 0 Å². The predicted molar refractivity (Wildman–Crippen MR) is 71.7 cm³/mol. The maximum Gasteiger partial charge on any atom is 0.123 e. The lowest BCUT2D eigenvalue weighted by Crippen LogP contribution is -2.39. The summed E-state index contributed by atoms with van der Waals surface area (Å²) in [5.74, 6) is 0.836. The van der Waals surface area contributed by atoms with Gasteiger partial charge < -0.3 is 10.5 Å². The lowest BCUT2D eigenvalue weighted by atomic mass is 9.76. The molecule has 2 rings (SSSR count). The molecule has 0 amide bonds. The normalized spacial score (nSPS) is 19.1. The summed E-state index contributed by atoms with van der Waals surface area (Å²) < 4.78 is 5.36. The third-order valence-electron chi connectivity index (χ3n) is 3.83. The second-order valence-corrected chi connectivity index (χ2v) is 5.43. The first kappa shape index (κ1) is 12.7. The maximum atomic E-state index is 6.56. The van der Waals surface area contributed by atoms with Gasteiger partial charge in [0.25, 0.3) is 0 Å². The third-order valence-corrected chi connectivity index (χ3v) is 4.05. The summed E-state index contributed by atoms with van der Waals surface area (Å²) in [6, 6.07) is 3.86. The van der Waals surface area contributed by atoms with Crippen molar-refractivity contribution in [2.45, 2.75) is 44.6 Å². The molecular formula is C14H20ClNO. The largest absolute Gasteiger partial charge is 0.496 e. The van der Waals surface area contributed by atoms with Crippen LogP contribution in [0, 0.1) is 6.92 Å². The molecule has 0 unspecified atom stereocenters. The fourth-order valence-electron chi connectivity index (χ4n) is 2.84. The van der Waals surface area contributed by atoms with Gasteiger partial charge in [0.2, 0.25) is 0 Å². The molecule has 94 valence electrons. The second kappa shape index (κ2) is 4.87. The number of benzene rings is 1.